The lowest BCUT2D eigenvalue weighted by Gasteiger charge is -2.42. The second-order valence-electron chi connectivity index (χ2n) is 7.92. The molecular weight excluding hydrogens is 330 g/mol. The van der Waals surface area contributed by atoms with Crippen LogP contribution >= 0.6 is 0 Å². The van der Waals surface area contributed by atoms with Crippen LogP contribution in [0.4, 0.5) is 5.69 Å². The van der Waals surface area contributed by atoms with Gasteiger partial charge in [0.15, 0.2) is 0 Å². The van der Waals surface area contributed by atoms with Crippen molar-refractivity contribution in [3.8, 4) is 0 Å². The summed E-state index contributed by atoms with van der Waals surface area (Å²) in [5, 5.41) is 4.19. The van der Waals surface area contributed by atoms with Crippen LogP contribution < -0.4 is 4.90 Å². The van der Waals surface area contributed by atoms with Gasteiger partial charge in [0.25, 0.3) is 0 Å². The third-order valence-electron chi connectivity index (χ3n) is 5.98. The van der Waals surface area contributed by atoms with Crippen molar-refractivity contribution in [3.63, 3.8) is 0 Å². The fourth-order valence-electron chi connectivity index (χ4n) is 4.17. The van der Waals surface area contributed by atoms with E-state index in [1.54, 1.807) is 10.9 Å². The molecule has 2 saturated heterocycles. The van der Waals surface area contributed by atoms with E-state index >= 15 is 0 Å². The third-order valence-corrected chi connectivity index (χ3v) is 5.98. The van der Waals surface area contributed by atoms with Crippen molar-refractivity contribution in [1.82, 2.24) is 19.6 Å². The van der Waals surface area contributed by atoms with E-state index in [-0.39, 0.29) is 11.9 Å². The molecule has 7 heteroatoms. The van der Waals surface area contributed by atoms with Gasteiger partial charge >= 0.3 is 0 Å². The number of rotatable bonds is 5. The Labute approximate surface area is 154 Å². The molecule has 4 rings (SSSR count). The molecule has 0 aromatic carbocycles. The number of carbonyl (C=O) groups is 2. The lowest BCUT2D eigenvalue weighted by molar-refractivity contribution is -0.134. The van der Waals surface area contributed by atoms with E-state index in [2.05, 4.69) is 10.00 Å². The van der Waals surface area contributed by atoms with Gasteiger partial charge in [-0.1, -0.05) is 12.8 Å². The summed E-state index contributed by atoms with van der Waals surface area (Å²) in [5.74, 6) is 1.28. The Morgan fingerprint density at radius 3 is 2.58 bits per heavy atom. The molecule has 7 nitrogen and oxygen atoms in total. The number of aromatic nitrogens is 2. The van der Waals surface area contributed by atoms with Crippen LogP contribution in [0.5, 0.6) is 0 Å². The Morgan fingerprint density at radius 1 is 1.15 bits per heavy atom. The maximum absolute atomic E-state index is 13.0. The van der Waals surface area contributed by atoms with Crippen molar-refractivity contribution in [2.45, 2.75) is 44.6 Å². The van der Waals surface area contributed by atoms with Gasteiger partial charge in [0.2, 0.25) is 11.8 Å². The minimum absolute atomic E-state index is 0.0623. The first-order chi connectivity index (χ1) is 12.6. The summed E-state index contributed by atoms with van der Waals surface area (Å²) in [6.45, 7) is 3.86. The quantitative estimate of drug-likeness (QED) is 0.794. The van der Waals surface area contributed by atoms with Gasteiger partial charge in [0, 0.05) is 52.4 Å². The number of hydrogen-bond acceptors (Lipinski definition) is 4. The van der Waals surface area contributed by atoms with Crippen LogP contribution in [0.3, 0.4) is 0 Å². The predicted octanol–water partition coefficient (Wildman–Crippen LogP) is 1.25. The molecule has 3 heterocycles. The first-order valence-corrected chi connectivity index (χ1v) is 9.93. The highest BCUT2D eigenvalue weighted by atomic mass is 16.2. The molecular formula is C19H29N5O2. The lowest BCUT2D eigenvalue weighted by Crippen LogP contribution is -2.58. The van der Waals surface area contributed by atoms with E-state index in [1.165, 1.54) is 12.8 Å². The van der Waals surface area contributed by atoms with Gasteiger partial charge in [-0.05, 0) is 25.2 Å². The van der Waals surface area contributed by atoms with Crippen molar-refractivity contribution < 1.29 is 9.59 Å². The van der Waals surface area contributed by atoms with Crippen LogP contribution in [0.25, 0.3) is 0 Å². The molecule has 3 fully saturated rings. The molecule has 3 aliphatic rings. The number of carbonyl (C=O) groups excluding carboxylic acids is 2. The summed E-state index contributed by atoms with van der Waals surface area (Å²) >= 11 is 0. The van der Waals surface area contributed by atoms with Crippen molar-refractivity contribution in [2.75, 3.05) is 37.6 Å². The zero-order chi connectivity index (χ0) is 18.1. The van der Waals surface area contributed by atoms with Crippen LogP contribution in [0, 0.1) is 5.92 Å². The maximum atomic E-state index is 13.0. The number of aryl methyl sites for hydroxylation is 1. The van der Waals surface area contributed by atoms with Crippen LogP contribution in [-0.4, -0.2) is 70.2 Å². The number of anilines is 1. The average Bonchev–Trinajstić information content (AvgIpc) is 3.39. The normalized spacial score (nSPS) is 25.0. The second kappa shape index (κ2) is 7.39. The van der Waals surface area contributed by atoms with Gasteiger partial charge in [0.05, 0.1) is 17.9 Å². The Hall–Kier alpha value is -1.89. The van der Waals surface area contributed by atoms with E-state index in [1.807, 2.05) is 23.0 Å². The van der Waals surface area contributed by atoms with Gasteiger partial charge in [0.1, 0.15) is 0 Å². The summed E-state index contributed by atoms with van der Waals surface area (Å²) in [6, 6.07) is -0.0623. The van der Waals surface area contributed by atoms with Gasteiger partial charge in [-0.3, -0.25) is 19.2 Å². The topological polar surface area (TPSA) is 61.7 Å². The summed E-state index contributed by atoms with van der Waals surface area (Å²) in [4.78, 5) is 31.5. The summed E-state index contributed by atoms with van der Waals surface area (Å²) in [7, 11) is 1.87. The smallest absolute Gasteiger partial charge is 0.244 e. The first-order valence-electron chi connectivity index (χ1n) is 9.93. The van der Waals surface area contributed by atoms with E-state index in [0.29, 0.717) is 12.3 Å². The number of piperidine rings is 1. The van der Waals surface area contributed by atoms with Crippen LogP contribution in [0.2, 0.25) is 0 Å². The molecule has 1 aromatic heterocycles. The molecule has 1 saturated carbocycles. The molecule has 1 aromatic rings. The molecule has 0 N–H and O–H groups in total. The average molecular weight is 359 g/mol. The fraction of sp³-hybridized carbons (Fsp3) is 0.737. The molecule has 1 aliphatic carbocycles. The van der Waals surface area contributed by atoms with Crippen LogP contribution in [0.15, 0.2) is 12.4 Å². The zero-order valence-corrected chi connectivity index (χ0v) is 15.6. The van der Waals surface area contributed by atoms with Crippen LogP contribution in [0.1, 0.15) is 38.5 Å². The fourth-order valence-corrected chi connectivity index (χ4v) is 4.17. The molecule has 0 radical (unpaired) electrons. The zero-order valence-electron chi connectivity index (χ0n) is 15.6. The van der Waals surface area contributed by atoms with E-state index in [0.717, 1.165) is 63.6 Å². The maximum Gasteiger partial charge on any atom is 0.244 e. The molecule has 142 valence electrons. The molecule has 2 amide bonds. The second-order valence-corrected chi connectivity index (χ2v) is 7.92. The van der Waals surface area contributed by atoms with Gasteiger partial charge in [-0.25, -0.2) is 0 Å². The number of hydrogen-bond donors (Lipinski definition) is 0. The molecule has 26 heavy (non-hydrogen) atoms. The minimum atomic E-state index is -0.0623. The summed E-state index contributed by atoms with van der Waals surface area (Å²) < 4.78 is 1.73. The Bertz CT molecular complexity index is 661. The van der Waals surface area contributed by atoms with Gasteiger partial charge in [-0.2, -0.15) is 5.10 Å². The highest BCUT2D eigenvalue weighted by molar-refractivity contribution is 5.97. The highest BCUT2D eigenvalue weighted by Gasteiger charge is 2.36. The first kappa shape index (κ1) is 17.5. The molecule has 0 unspecified atom stereocenters. The SMILES string of the molecule is Cn1cc(N2CCC[C@@H](N3CCN(C(=O)CCC4CC4)CC3)C2=O)cn1. The Morgan fingerprint density at radius 2 is 1.92 bits per heavy atom. The Kier molecular flexibility index (Phi) is 4.98. The van der Waals surface area contributed by atoms with Gasteiger partial charge in [-0.15, -0.1) is 0 Å². The molecule has 0 spiro atoms. The largest absolute Gasteiger partial charge is 0.340 e. The third kappa shape index (κ3) is 3.77. The number of amides is 2. The number of nitrogens with zero attached hydrogens (tertiary/aromatic N) is 5. The van der Waals surface area contributed by atoms with E-state index in [9.17, 15) is 9.59 Å². The number of piperazine rings is 1. The standard InChI is InChI=1S/C19H29N5O2/c1-21-14-16(13-20-21)24-8-2-3-17(19(24)26)22-9-11-23(12-10-22)18(25)7-6-15-4-5-15/h13-15,17H,2-12H2,1H3/t17-/m1/s1. The van der Waals surface area contributed by atoms with Crippen molar-refractivity contribution >= 4 is 17.5 Å². The van der Waals surface area contributed by atoms with E-state index in [4.69, 9.17) is 0 Å². The summed E-state index contributed by atoms with van der Waals surface area (Å²) in [5.41, 5.74) is 0.885. The highest BCUT2D eigenvalue weighted by Crippen LogP contribution is 2.33. The molecule has 1 atom stereocenters. The van der Waals surface area contributed by atoms with E-state index < -0.39 is 0 Å². The van der Waals surface area contributed by atoms with Crippen LogP contribution in [-0.2, 0) is 16.6 Å². The monoisotopic (exact) mass is 359 g/mol. The van der Waals surface area contributed by atoms with Crippen molar-refractivity contribution in [3.05, 3.63) is 12.4 Å². The van der Waals surface area contributed by atoms with Gasteiger partial charge < -0.3 is 9.80 Å². The predicted molar refractivity (Wildman–Crippen MR) is 98.7 cm³/mol. The van der Waals surface area contributed by atoms with Crippen molar-refractivity contribution in [1.29, 1.82) is 0 Å². The Balaban J connectivity index is 1.31. The lowest BCUT2D eigenvalue weighted by atomic mass is 10.0. The molecule has 0 bridgehead atoms. The van der Waals surface area contributed by atoms with Crippen molar-refractivity contribution in [2.24, 2.45) is 13.0 Å². The minimum Gasteiger partial charge on any atom is -0.340 e. The summed E-state index contributed by atoms with van der Waals surface area (Å²) in [6.07, 6.45) is 9.93. The molecule has 2 aliphatic heterocycles.